The average molecular weight is 427 g/mol. The largest absolute Gasteiger partial charge is 0.477 e. The average Bonchev–Trinajstić information content (AvgIpc) is 2.58. The van der Waals surface area contributed by atoms with Crippen LogP contribution in [0, 0.1) is 12.7 Å². The van der Waals surface area contributed by atoms with E-state index < -0.39 is 22.9 Å². The molecule has 0 fully saturated rings. The van der Waals surface area contributed by atoms with Crippen LogP contribution in [0.5, 0.6) is 0 Å². The van der Waals surface area contributed by atoms with Crippen molar-refractivity contribution in [3.8, 4) is 16.8 Å². The number of carboxylic acid groups (broad SMARTS) is 1. The zero-order chi connectivity index (χ0) is 19.9. The van der Waals surface area contributed by atoms with Gasteiger partial charge in [0, 0.05) is 16.3 Å². The van der Waals surface area contributed by atoms with Crippen molar-refractivity contribution in [3.05, 3.63) is 85.0 Å². The number of nitrogens with zero attached hydrogens (tertiary/aromatic N) is 1. The second kappa shape index (κ2) is 7.35. The van der Waals surface area contributed by atoms with E-state index in [4.69, 9.17) is 34.8 Å². The molecule has 0 spiro atoms. The van der Waals surface area contributed by atoms with Crippen molar-refractivity contribution in [2.75, 3.05) is 0 Å². The van der Waals surface area contributed by atoms with E-state index in [1.54, 1.807) is 13.0 Å². The Hall–Kier alpha value is -2.34. The first-order valence-corrected chi connectivity index (χ1v) is 8.75. The second-order valence-electron chi connectivity index (χ2n) is 5.74. The number of pyridine rings is 1. The molecule has 0 aliphatic rings. The standard InChI is InChI=1S/C19H11Cl3FNO3/c1-9-6-12(10-2-4-13(21)14(22)7-10)17(19(26)27)18(25)24(9)16-5-3-11(20)8-15(16)23/h2-8H,1H3,(H,26,27). The third-order valence-corrected chi connectivity index (χ3v) is 4.96. The van der Waals surface area contributed by atoms with E-state index in [1.807, 2.05) is 0 Å². The molecule has 27 heavy (non-hydrogen) atoms. The summed E-state index contributed by atoms with van der Waals surface area (Å²) in [6.07, 6.45) is 0. The van der Waals surface area contributed by atoms with E-state index in [2.05, 4.69) is 0 Å². The van der Waals surface area contributed by atoms with Crippen LogP contribution in [-0.4, -0.2) is 15.6 Å². The van der Waals surface area contributed by atoms with Crippen molar-refractivity contribution in [1.29, 1.82) is 0 Å². The Balaban J connectivity index is 2.35. The third-order valence-electron chi connectivity index (χ3n) is 3.99. The minimum Gasteiger partial charge on any atom is -0.477 e. The van der Waals surface area contributed by atoms with Gasteiger partial charge in [-0.05, 0) is 48.9 Å². The fraction of sp³-hybridized carbons (Fsp3) is 0.0526. The predicted octanol–water partition coefficient (Wildman–Crippen LogP) is 5.61. The van der Waals surface area contributed by atoms with Gasteiger partial charge in [-0.1, -0.05) is 40.9 Å². The monoisotopic (exact) mass is 425 g/mol. The van der Waals surface area contributed by atoms with Crippen LogP contribution in [-0.2, 0) is 0 Å². The molecule has 1 aromatic heterocycles. The summed E-state index contributed by atoms with van der Waals surface area (Å²) in [5.74, 6) is -2.18. The van der Waals surface area contributed by atoms with E-state index in [0.29, 0.717) is 16.3 Å². The van der Waals surface area contributed by atoms with Crippen molar-refractivity contribution in [3.63, 3.8) is 0 Å². The highest BCUT2D eigenvalue weighted by Crippen LogP contribution is 2.31. The molecule has 0 bridgehead atoms. The van der Waals surface area contributed by atoms with Gasteiger partial charge in [-0.15, -0.1) is 0 Å². The first-order chi connectivity index (χ1) is 12.7. The van der Waals surface area contributed by atoms with E-state index >= 15 is 0 Å². The van der Waals surface area contributed by atoms with E-state index in [-0.39, 0.29) is 21.3 Å². The molecule has 0 unspecified atom stereocenters. The molecule has 1 N–H and O–H groups in total. The smallest absolute Gasteiger partial charge is 0.342 e. The Bertz CT molecular complexity index is 1140. The Labute approximate surface area is 168 Å². The van der Waals surface area contributed by atoms with E-state index in [1.165, 1.54) is 30.3 Å². The molecule has 3 aromatic rings. The van der Waals surface area contributed by atoms with Gasteiger partial charge in [0.25, 0.3) is 5.56 Å². The Morgan fingerprint density at radius 1 is 1.04 bits per heavy atom. The number of aromatic nitrogens is 1. The van der Waals surface area contributed by atoms with Gasteiger partial charge in [-0.3, -0.25) is 9.36 Å². The van der Waals surface area contributed by atoms with Crippen LogP contribution in [0.15, 0.2) is 47.3 Å². The van der Waals surface area contributed by atoms with E-state index in [9.17, 15) is 19.1 Å². The van der Waals surface area contributed by atoms with Crippen LogP contribution in [0.2, 0.25) is 15.1 Å². The van der Waals surface area contributed by atoms with Gasteiger partial charge in [0.05, 0.1) is 15.7 Å². The first kappa shape index (κ1) is 19.4. The maximum atomic E-state index is 14.3. The minimum absolute atomic E-state index is 0.0925. The van der Waals surface area contributed by atoms with Gasteiger partial charge >= 0.3 is 5.97 Å². The second-order valence-corrected chi connectivity index (χ2v) is 7.00. The first-order valence-electron chi connectivity index (χ1n) is 7.61. The lowest BCUT2D eigenvalue weighted by Crippen LogP contribution is -2.28. The molecule has 8 heteroatoms. The number of hydrogen-bond donors (Lipinski definition) is 1. The zero-order valence-corrected chi connectivity index (χ0v) is 16.0. The molecule has 0 aliphatic heterocycles. The summed E-state index contributed by atoms with van der Waals surface area (Å²) < 4.78 is 15.3. The quantitative estimate of drug-likeness (QED) is 0.592. The molecule has 2 aromatic carbocycles. The van der Waals surface area contributed by atoms with E-state index in [0.717, 1.165) is 10.6 Å². The Morgan fingerprint density at radius 2 is 1.74 bits per heavy atom. The fourth-order valence-corrected chi connectivity index (χ4v) is 3.25. The van der Waals surface area contributed by atoms with Gasteiger partial charge in [0.2, 0.25) is 0 Å². The highest BCUT2D eigenvalue weighted by molar-refractivity contribution is 6.42. The number of rotatable bonds is 3. The molecule has 3 rings (SSSR count). The van der Waals surface area contributed by atoms with Crippen LogP contribution in [0.1, 0.15) is 16.1 Å². The molecule has 138 valence electrons. The van der Waals surface area contributed by atoms with Crippen molar-refractivity contribution in [1.82, 2.24) is 4.57 Å². The van der Waals surface area contributed by atoms with Crippen molar-refractivity contribution < 1.29 is 14.3 Å². The third kappa shape index (κ3) is 3.58. The fourth-order valence-electron chi connectivity index (χ4n) is 2.79. The normalized spacial score (nSPS) is 10.9. The lowest BCUT2D eigenvalue weighted by molar-refractivity contribution is 0.0695. The number of aryl methyl sites for hydroxylation is 1. The summed E-state index contributed by atoms with van der Waals surface area (Å²) in [5, 5.41) is 10.3. The topological polar surface area (TPSA) is 59.3 Å². The summed E-state index contributed by atoms with van der Waals surface area (Å²) in [7, 11) is 0. The van der Waals surface area contributed by atoms with Gasteiger partial charge in [-0.2, -0.15) is 0 Å². The molecule has 0 aliphatic carbocycles. The van der Waals surface area contributed by atoms with Crippen LogP contribution < -0.4 is 5.56 Å². The lowest BCUT2D eigenvalue weighted by Gasteiger charge is -2.16. The Kier molecular flexibility index (Phi) is 5.29. The highest BCUT2D eigenvalue weighted by Gasteiger charge is 2.22. The number of carbonyl (C=O) groups is 1. The number of hydrogen-bond acceptors (Lipinski definition) is 2. The molecular formula is C19H11Cl3FNO3. The van der Waals surface area contributed by atoms with Gasteiger partial charge in [-0.25, -0.2) is 9.18 Å². The molecule has 0 atom stereocenters. The molecule has 1 heterocycles. The SMILES string of the molecule is Cc1cc(-c2ccc(Cl)c(Cl)c2)c(C(=O)O)c(=O)n1-c1ccc(Cl)cc1F. The van der Waals surface area contributed by atoms with Crippen LogP contribution in [0.4, 0.5) is 4.39 Å². The van der Waals surface area contributed by atoms with Gasteiger partial charge in [0.15, 0.2) is 0 Å². The van der Waals surface area contributed by atoms with Gasteiger partial charge in [0.1, 0.15) is 11.4 Å². The lowest BCUT2D eigenvalue weighted by atomic mass is 10.00. The summed E-state index contributed by atoms with van der Waals surface area (Å²) >= 11 is 17.7. The minimum atomic E-state index is -1.44. The molecular weight excluding hydrogens is 416 g/mol. The molecule has 0 saturated carbocycles. The predicted molar refractivity (Wildman–Crippen MR) is 104 cm³/mol. The van der Waals surface area contributed by atoms with Crippen LogP contribution >= 0.6 is 34.8 Å². The zero-order valence-electron chi connectivity index (χ0n) is 13.8. The van der Waals surface area contributed by atoms with Crippen LogP contribution in [0.25, 0.3) is 16.8 Å². The number of carboxylic acids is 1. The van der Waals surface area contributed by atoms with Crippen molar-refractivity contribution in [2.24, 2.45) is 0 Å². The summed E-state index contributed by atoms with van der Waals surface area (Å²) in [6.45, 7) is 1.57. The molecule has 0 saturated heterocycles. The summed E-state index contributed by atoms with van der Waals surface area (Å²) in [5.41, 5.74) is -0.560. The van der Waals surface area contributed by atoms with Crippen molar-refractivity contribution in [2.45, 2.75) is 6.92 Å². The molecule has 0 radical (unpaired) electrons. The Morgan fingerprint density at radius 3 is 2.33 bits per heavy atom. The molecule has 0 amide bonds. The maximum Gasteiger partial charge on any atom is 0.342 e. The number of halogens is 4. The van der Waals surface area contributed by atoms with Crippen molar-refractivity contribution >= 4 is 40.8 Å². The van der Waals surface area contributed by atoms with Gasteiger partial charge < -0.3 is 5.11 Å². The highest BCUT2D eigenvalue weighted by atomic mass is 35.5. The number of benzene rings is 2. The van der Waals surface area contributed by atoms with Crippen LogP contribution in [0.3, 0.4) is 0 Å². The summed E-state index contributed by atoms with van der Waals surface area (Å²) in [4.78, 5) is 24.8. The summed E-state index contributed by atoms with van der Waals surface area (Å²) in [6, 6.07) is 9.80. The maximum absolute atomic E-state index is 14.3. The number of aromatic carboxylic acids is 1. The molecule has 4 nitrogen and oxygen atoms in total.